The van der Waals surface area contributed by atoms with Crippen LogP contribution in [0, 0.1) is 17.2 Å². The highest BCUT2D eigenvalue weighted by Gasteiger charge is 2.22. The fraction of sp³-hybridized carbons (Fsp3) is 0.435. The van der Waals surface area contributed by atoms with Gasteiger partial charge in [-0.05, 0) is 48.6 Å². The molecule has 168 valence electrons. The van der Waals surface area contributed by atoms with Crippen LogP contribution in [-0.4, -0.2) is 33.8 Å². The van der Waals surface area contributed by atoms with Crippen LogP contribution in [0.15, 0.2) is 35.3 Å². The lowest BCUT2D eigenvalue weighted by Gasteiger charge is -2.18. The van der Waals surface area contributed by atoms with E-state index in [1.54, 1.807) is 6.20 Å². The number of hydrogen-bond acceptors (Lipinski definition) is 5. The standard InChI is InChI=1S/C23H27N5O3S/c24-10-1-11-25-21(29)7-6-20(32)17-14-16(31-13-9-15-2-3-15)4-5-19(17)28-23(30)22-18(27-28)8-12-26-22/h4-5,8,12,14-15,20,26-27,32H,1-3,6-7,9,11,13H2,(H,25,29). The van der Waals surface area contributed by atoms with Crippen LogP contribution < -0.4 is 15.6 Å². The summed E-state index contributed by atoms with van der Waals surface area (Å²) in [6.07, 6.45) is 6.36. The second-order valence-electron chi connectivity index (χ2n) is 8.13. The lowest BCUT2D eigenvalue weighted by molar-refractivity contribution is -0.121. The van der Waals surface area contributed by atoms with Crippen molar-refractivity contribution < 1.29 is 9.53 Å². The average molecular weight is 454 g/mol. The molecule has 0 saturated heterocycles. The monoisotopic (exact) mass is 453 g/mol. The number of aromatic nitrogens is 3. The number of carbonyl (C=O) groups excluding carboxylic acids is 1. The fourth-order valence-electron chi connectivity index (χ4n) is 3.70. The maximum atomic E-state index is 12.9. The number of rotatable bonds is 11. The maximum Gasteiger partial charge on any atom is 0.295 e. The molecule has 1 saturated carbocycles. The Hall–Kier alpha value is -3.12. The number of hydrogen-bond donors (Lipinski definition) is 4. The molecule has 1 fully saturated rings. The minimum Gasteiger partial charge on any atom is -0.494 e. The Balaban J connectivity index is 1.55. The Kier molecular flexibility index (Phi) is 6.90. The molecule has 1 amide bonds. The number of nitrogens with one attached hydrogen (secondary N) is 3. The number of benzene rings is 1. The third kappa shape index (κ3) is 5.19. The van der Waals surface area contributed by atoms with Gasteiger partial charge in [-0.2, -0.15) is 17.9 Å². The first-order chi connectivity index (χ1) is 15.6. The molecule has 0 spiro atoms. The fourth-order valence-corrected chi connectivity index (χ4v) is 4.04. The van der Waals surface area contributed by atoms with Crippen molar-refractivity contribution in [1.82, 2.24) is 20.1 Å². The zero-order chi connectivity index (χ0) is 22.5. The van der Waals surface area contributed by atoms with Gasteiger partial charge in [0.1, 0.15) is 11.3 Å². The summed E-state index contributed by atoms with van der Waals surface area (Å²) in [5.74, 6) is 1.39. The number of ether oxygens (including phenoxy) is 1. The van der Waals surface area contributed by atoms with Gasteiger partial charge in [0.15, 0.2) is 0 Å². The molecule has 8 nitrogen and oxygen atoms in total. The molecule has 1 aromatic carbocycles. The Bertz CT molecular complexity index is 1180. The van der Waals surface area contributed by atoms with Crippen molar-refractivity contribution in [3.8, 4) is 17.5 Å². The first-order valence-corrected chi connectivity index (χ1v) is 11.5. The van der Waals surface area contributed by atoms with E-state index in [1.807, 2.05) is 30.3 Å². The molecule has 4 rings (SSSR count). The van der Waals surface area contributed by atoms with Gasteiger partial charge >= 0.3 is 0 Å². The second kappa shape index (κ2) is 10.0. The van der Waals surface area contributed by atoms with Crippen LogP contribution in [0.25, 0.3) is 16.7 Å². The molecular weight excluding hydrogens is 426 g/mol. The molecule has 1 unspecified atom stereocenters. The zero-order valence-electron chi connectivity index (χ0n) is 17.8. The van der Waals surface area contributed by atoms with Gasteiger partial charge in [0.25, 0.3) is 5.56 Å². The SMILES string of the molecule is N#CCCNC(=O)CCC(S)c1cc(OCCC2CC2)ccc1-n1[nH]c2cc[nH]c2c1=O. The van der Waals surface area contributed by atoms with E-state index in [1.165, 1.54) is 17.5 Å². The molecular formula is C23H27N5O3S. The summed E-state index contributed by atoms with van der Waals surface area (Å²) in [5.41, 5.74) is 2.54. The largest absolute Gasteiger partial charge is 0.494 e. The number of carbonyl (C=O) groups is 1. The lowest BCUT2D eigenvalue weighted by atomic mass is 10.0. The van der Waals surface area contributed by atoms with E-state index < -0.39 is 0 Å². The lowest BCUT2D eigenvalue weighted by Crippen LogP contribution is -2.24. The van der Waals surface area contributed by atoms with Gasteiger partial charge in [-0.25, -0.2) is 4.68 Å². The van der Waals surface area contributed by atoms with Gasteiger partial charge in [-0.3, -0.25) is 14.7 Å². The van der Waals surface area contributed by atoms with E-state index in [9.17, 15) is 9.59 Å². The number of thiol groups is 1. The quantitative estimate of drug-likeness (QED) is 0.262. The molecule has 0 bridgehead atoms. The van der Waals surface area contributed by atoms with E-state index in [4.69, 9.17) is 22.6 Å². The highest BCUT2D eigenvalue weighted by molar-refractivity contribution is 7.80. The van der Waals surface area contributed by atoms with E-state index in [0.29, 0.717) is 30.8 Å². The summed E-state index contributed by atoms with van der Waals surface area (Å²) in [6, 6.07) is 9.45. The third-order valence-electron chi connectivity index (χ3n) is 5.69. The summed E-state index contributed by atoms with van der Waals surface area (Å²) in [4.78, 5) is 27.9. The molecule has 1 atom stereocenters. The van der Waals surface area contributed by atoms with Gasteiger partial charge < -0.3 is 15.0 Å². The zero-order valence-corrected chi connectivity index (χ0v) is 18.7. The van der Waals surface area contributed by atoms with E-state index in [0.717, 1.165) is 29.2 Å². The summed E-state index contributed by atoms with van der Waals surface area (Å²) >= 11 is 4.76. The summed E-state index contributed by atoms with van der Waals surface area (Å²) in [5, 5.41) is 14.2. The molecule has 0 aliphatic heterocycles. The molecule has 9 heteroatoms. The predicted octanol–water partition coefficient (Wildman–Crippen LogP) is 3.61. The number of nitriles is 1. The topological polar surface area (TPSA) is 116 Å². The highest BCUT2D eigenvalue weighted by Crippen LogP contribution is 2.34. The van der Waals surface area contributed by atoms with Crippen molar-refractivity contribution in [1.29, 1.82) is 5.26 Å². The Morgan fingerprint density at radius 3 is 2.97 bits per heavy atom. The number of H-pyrrole nitrogens is 2. The average Bonchev–Trinajstić information content (AvgIpc) is 3.40. The van der Waals surface area contributed by atoms with Gasteiger partial charge in [0.2, 0.25) is 5.91 Å². The molecule has 32 heavy (non-hydrogen) atoms. The smallest absolute Gasteiger partial charge is 0.295 e. The summed E-state index contributed by atoms with van der Waals surface area (Å²) in [6.45, 7) is 1.000. The van der Waals surface area contributed by atoms with E-state index in [2.05, 4.69) is 15.4 Å². The van der Waals surface area contributed by atoms with Crippen LogP contribution in [0.5, 0.6) is 5.75 Å². The minimum absolute atomic E-state index is 0.122. The Morgan fingerprint density at radius 2 is 2.22 bits per heavy atom. The number of fused-ring (bicyclic) bond motifs is 1. The van der Waals surface area contributed by atoms with Crippen LogP contribution in [-0.2, 0) is 4.79 Å². The van der Waals surface area contributed by atoms with Crippen molar-refractivity contribution in [2.45, 2.75) is 43.8 Å². The third-order valence-corrected chi connectivity index (χ3v) is 6.23. The molecule has 0 radical (unpaired) electrons. The molecule has 1 aliphatic rings. The van der Waals surface area contributed by atoms with Crippen LogP contribution in [0.3, 0.4) is 0 Å². The van der Waals surface area contributed by atoms with Crippen molar-refractivity contribution in [3.05, 3.63) is 46.4 Å². The van der Waals surface area contributed by atoms with Crippen LogP contribution in [0.1, 0.15) is 49.3 Å². The van der Waals surface area contributed by atoms with Gasteiger partial charge in [0, 0.05) is 24.4 Å². The minimum atomic E-state index is -0.285. The molecule has 2 heterocycles. The second-order valence-corrected chi connectivity index (χ2v) is 8.76. The van der Waals surface area contributed by atoms with Crippen molar-refractivity contribution in [3.63, 3.8) is 0 Å². The van der Waals surface area contributed by atoms with Gasteiger partial charge in [-0.15, -0.1) is 0 Å². The summed E-state index contributed by atoms with van der Waals surface area (Å²) < 4.78 is 7.46. The number of aromatic amines is 2. The van der Waals surface area contributed by atoms with Crippen LogP contribution >= 0.6 is 12.6 Å². The van der Waals surface area contributed by atoms with E-state index >= 15 is 0 Å². The Labute approximate surface area is 191 Å². The highest BCUT2D eigenvalue weighted by atomic mass is 32.1. The van der Waals surface area contributed by atoms with Gasteiger partial charge in [-0.1, -0.05) is 12.8 Å². The van der Waals surface area contributed by atoms with Crippen molar-refractivity contribution in [2.75, 3.05) is 13.2 Å². The van der Waals surface area contributed by atoms with Crippen molar-refractivity contribution >= 4 is 29.6 Å². The number of nitrogens with zero attached hydrogens (tertiary/aromatic N) is 2. The normalized spacial score (nSPS) is 14.2. The van der Waals surface area contributed by atoms with Crippen LogP contribution in [0.4, 0.5) is 0 Å². The van der Waals surface area contributed by atoms with Crippen LogP contribution in [0.2, 0.25) is 0 Å². The maximum absolute atomic E-state index is 12.9. The molecule has 3 aromatic rings. The first-order valence-electron chi connectivity index (χ1n) is 10.9. The van der Waals surface area contributed by atoms with Gasteiger partial charge in [0.05, 0.1) is 30.3 Å². The molecule has 1 aliphatic carbocycles. The number of amides is 1. The van der Waals surface area contributed by atoms with E-state index in [-0.39, 0.29) is 29.6 Å². The molecule has 3 N–H and O–H groups in total. The Morgan fingerprint density at radius 1 is 1.38 bits per heavy atom. The van der Waals surface area contributed by atoms with Crippen molar-refractivity contribution in [2.24, 2.45) is 5.92 Å². The first kappa shape index (κ1) is 22.1. The predicted molar refractivity (Wildman–Crippen MR) is 125 cm³/mol. The summed E-state index contributed by atoms with van der Waals surface area (Å²) in [7, 11) is 0. The molecule has 2 aromatic heterocycles.